The number of nitrogens with zero attached hydrogens (tertiary/aromatic N) is 1. The fourth-order valence-corrected chi connectivity index (χ4v) is 5.10. The number of halogens is 3. The molecule has 0 fully saturated rings. The van der Waals surface area contributed by atoms with Gasteiger partial charge in [0.15, 0.2) is 0 Å². The predicted molar refractivity (Wildman–Crippen MR) is 47.5 cm³/mol. The zero-order valence-corrected chi connectivity index (χ0v) is 9.35. The third-order valence-electron chi connectivity index (χ3n) is 0.477. The lowest BCUT2D eigenvalue weighted by Gasteiger charge is -2.04. The summed E-state index contributed by atoms with van der Waals surface area (Å²) in [6, 6.07) is 0. The van der Waals surface area contributed by atoms with Crippen molar-refractivity contribution in [1.82, 2.24) is 0 Å². The molecule has 0 rings (SSSR count). The summed E-state index contributed by atoms with van der Waals surface area (Å²) in [5.74, 6) is -3.21. The van der Waals surface area contributed by atoms with Gasteiger partial charge in [0.25, 0.3) is 5.99 Å². The standard InChI is InChI=1S/C2H5Cl3NO3PS/c1-2-9-10(3,4)6-11(5,7)8/h2H2,1H3. The summed E-state index contributed by atoms with van der Waals surface area (Å²) in [4.78, 5) is 0. The predicted octanol–water partition coefficient (Wildman–Crippen LogP) is 2.93. The molecule has 0 amide bonds. The summed E-state index contributed by atoms with van der Waals surface area (Å²) in [6.07, 6.45) is 0. The average molecular weight is 260 g/mol. The first-order chi connectivity index (χ1) is 4.77. The van der Waals surface area contributed by atoms with Crippen LogP contribution in [-0.4, -0.2) is 15.0 Å². The van der Waals surface area contributed by atoms with Gasteiger partial charge in [0.05, 0.1) is 6.61 Å². The minimum atomic E-state index is -4.05. The zero-order chi connectivity index (χ0) is 9.12. The maximum atomic E-state index is 10.3. The normalized spacial score (nSPS) is 13.1. The Morgan fingerprint density at radius 1 is 1.55 bits per heavy atom. The van der Waals surface area contributed by atoms with Crippen LogP contribution in [0.15, 0.2) is 4.15 Å². The molecule has 0 aliphatic carbocycles. The Morgan fingerprint density at radius 2 is 2.00 bits per heavy atom. The molecule has 9 heteroatoms. The molecule has 0 aliphatic rings. The summed E-state index contributed by atoms with van der Waals surface area (Å²) in [5.41, 5.74) is 0. The van der Waals surface area contributed by atoms with Crippen LogP contribution in [0.3, 0.4) is 0 Å². The molecule has 0 saturated carbocycles. The monoisotopic (exact) mass is 259 g/mol. The fourth-order valence-electron chi connectivity index (χ4n) is 0.292. The van der Waals surface area contributed by atoms with Crippen LogP contribution in [-0.2, 0) is 13.8 Å². The van der Waals surface area contributed by atoms with Crippen molar-refractivity contribution in [3.8, 4) is 0 Å². The Morgan fingerprint density at radius 3 is 2.27 bits per heavy atom. The van der Waals surface area contributed by atoms with Crippen molar-refractivity contribution in [3.05, 3.63) is 0 Å². The molecule has 0 aromatic rings. The molecule has 68 valence electrons. The molecule has 0 aromatic carbocycles. The van der Waals surface area contributed by atoms with Crippen LogP contribution in [0.25, 0.3) is 0 Å². The van der Waals surface area contributed by atoms with E-state index < -0.39 is 15.2 Å². The summed E-state index contributed by atoms with van der Waals surface area (Å²) >= 11 is 10.7. The Labute approximate surface area is 79.1 Å². The highest BCUT2D eigenvalue weighted by Crippen LogP contribution is 2.62. The molecule has 0 heterocycles. The van der Waals surface area contributed by atoms with Crippen molar-refractivity contribution < 1.29 is 12.9 Å². The van der Waals surface area contributed by atoms with Crippen molar-refractivity contribution >= 4 is 48.4 Å². The quantitative estimate of drug-likeness (QED) is 0.579. The van der Waals surface area contributed by atoms with Crippen LogP contribution in [0, 0.1) is 0 Å². The van der Waals surface area contributed by atoms with E-state index >= 15 is 0 Å². The van der Waals surface area contributed by atoms with Crippen LogP contribution in [0.1, 0.15) is 6.92 Å². The van der Waals surface area contributed by atoms with E-state index in [4.69, 9.17) is 33.2 Å². The largest absolute Gasteiger partial charge is 0.342 e. The molecular weight excluding hydrogens is 255 g/mol. The Bertz CT molecular complexity index is 268. The van der Waals surface area contributed by atoms with Gasteiger partial charge >= 0.3 is 9.24 Å². The lowest BCUT2D eigenvalue weighted by Crippen LogP contribution is -1.82. The van der Waals surface area contributed by atoms with Crippen molar-refractivity contribution in [1.29, 1.82) is 0 Å². The third kappa shape index (κ3) is 7.37. The lowest BCUT2D eigenvalue weighted by atomic mass is 10.9. The first-order valence-electron chi connectivity index (χ1n) is 2.39. The molecule has 0 aromatic heterocycles. The first kappa shape index (κ1) is 12.0. The van der Waals surface area contributed by atoms with E-state index in [9.17, 15) is 8.42 Å². The van der Waals surface area contributed by atoms with E-state index in [2.05, 4.69) is 8.67 Å². The van der Waals surface area contributed by atoms with Gasteiger partial charge in [-0.25, -0.2) is 0 Å². The van der Waals surface area contributed by atoms with Crippen LogP contribution >= 0.6 is 39.2 Å². The molecule has 0 saturated heterocycles. The molecule has 0 bridgehead atoms. The van der Waals surface area contributed by atoms with Crippen molar-refractivity contribution in [2.45, 2.75) is 6.92 Å². The number of hydrogen-bond acceptors (Lipinski definition) is 3. The molecule has 0 aliphatic heterocycles. The lowest BCUT2D eigenvalue weighted by molar-refractivity contribution is 0.388. The molecule has 11 heavy (non-hydrogen) atoms. The molecule has 0 atom stereocenters. The zero-order valence-electron chi connectivity index (χ0n) is 5.37. The molecule has 0 unspecified atom stereocenters. The van der Waals surface area contributed by atoms with Gasteiger partial charge in [-0.3, -0.25) is 0 Å². The van der Waals surface area contributed by atoms with Gasteiger partial charge in [-0.1, -0.05) is 0 Å². The second-order valence-corrected chi connectivity index (χ2v) is 8.39. The smallest absolute Gasteiger partial charge is 0.321 e. The minimum absolute atomic E-state index is 0.177. The maximum Gasteiger partial charge on any atom is 0.342 e. The highest BCUT2D eigenvalue weighted by Gasteiger charge is 2.16. The highest BCUT2D eigenvalue weighted by molar-refractivity contribution is 8.19. The summed E-state index contributed by atoms with van der Waals surface area (Å²) < 4.78 is 28.1. The summed E-state index contributed by atoms with van der Waals surface area (Å²) in [6.45, 7) is 1.78. The maximum absolute atomic E-state index is 10.3. The van der Waals surface area contributed by atoms with E-state index in [1.54, 1.807) is 6.92 Å². The molecular formula is C2H5Cl3NO3PS. The van der Waals surface area contributed by atoms with Crippen LogP contribution < -0.4 is 0 Å². The Hall–Kier alpha value is 1.01. The van der Waals surface area contributed by atoms with Crippen molar-refractivity contribution in [3.63, 3.8) is 0 Å². The van der Waals surface area contributed by atoms with Gasteiger partial charge in [0.2, 0.25) is 0 Å². The summed E-state index contributed by atoms with van der Waals surface area (Å²) in [7, 11) is 0.692. The molecule has 0 spiro atoms. The number of rotatable bonds is 3. The first-order valence-corrected chi connectivity index (χ1v) is 8.12. The minimum Gasteiger partial charge on any atom is -0.321 e. The Kier molecular flexibility index (Phi) is 4.70. The second kappa shape index (κ2) is 4.30. The SMILES string of the molecule is CCOP(Cl)(Cl)=NS(=O)(=O)Cl. The van der Waals surface area contributed by atoms with Gasteiger partial charge in [-0.2, -0.15) is 8.42 Å². The van der Waals surface area contributed by atoms with Crippen LogP contribution in [0.4, 0.5) is 0 Å². The highest BCUT2D eigenvalue weighted by atomic mass is 35.9. The van der Waals surface area contributed by atoms with Gasteiger partial charge < -0.3 is 4.52 Å². The van der Waals surface area contributed by atoms with Gasteiger partial charge in [-0.05, 0) is 29.4 Å². The van der Waals surface area contributed by atoms with Crippen LogP contribution in [0.2, 0.25) is 0 Å². The average Bonchev–Trinajstić information content (AvgIpc) is 1.55. The topological polar surface area (TPSA) is 55.7 Å². The van der Waals surface area contributed by atoms with E-state index in [0.717, 1.165) is 0 Å². The van der Waals surface area contributed by atoms with E-state index in [1.807, 2.05) is 0 Å². The third-order valence-corrected chi connectivity index (χ3v) is 4.84. The van der Waals surface area contributed by atoms with Crippen molar-refractivity contribution in [2.24, 2.45) is 4.15 Å². The fraction of sp³-hybridized carbons (Fsp3) is 1.00. The van der Waals surface area contributed by atoms with E-state index in [-0.39, 0.29) is 6.61 Å². The van der Waals surface area contributed by atoms with Gasteiger partial charge in [-0.15, -0.1) is 4.15 Å². The van der Waals surface area contributed by atoms with Crippen molar-refractivity contribution in [2.75, 3.05) is 6.61 Å². The number of hydrogen-bond donors (Lipinski definition) is 0. The molecule has 4 nitrogen and oxygen atoms in total. The Balaban J connectivity index is 4.67. The van der Waals surface area contributed by atoms with Crippen LogP contribution in [0.5, 0.6) is 0 Å². The summed E-state index contributed by atoms with van der Waals surface area (Å²) in [5, 5.41) is 0. The van der Waals surface area contributed by atoms with Gasteiger partial charge in [0.1, 0.15) is 0 Å². The van der Waals surface area contributed by atoms with E-state index in [0.29, 0.717) is 0 Å². The second-order valence-electron chi connectivity index (χ2n) is 1.35. The molecule has 0 radical (unpaired) electrons. The van der Waals surface area contributed by atoms with Gasteiger partial charge in [0, 0.05) is 10.7 Å². The van der Waals surface area contributed by atoms with E-state index in [1.165, 1.54) is 0 Å². The molecule has 0 N–H and O–H groups in total.